The quantitative estimate of drug-likeness (QED) is 0.884. The number of hydrogen-bond acceptors (Lipinski definition) is 5. The van der Waals surface area contributed by atoms with Crippen molar-refractivity contribution < 1.29 is 13.2 Å². The van der Waals surface area contributed by atoms with Crippen molar-refractivity contribution in [2.24, 2.45) is 7.05 Å². The first-order chi connectivity index (χ1) is 9.29. The van der Waals surface area contributed by atoms with Crippen LogP contribution in [0.5, 0.6) is 0 Å². The molecule has 0 fully saturated rings. The summed E-state index contributed by atoms with van der Waals surface area (Å²) in [4.78, 5) is 7.42. The molecule has 5 nitrogen and oxygen atoms in total. The Balaban J connectivity index is 2.38. The first kappa shape index (κ1) is 14.6. The molecule has 0 radical (unpaired) electrons. The molecule has 0 saturated heterocycles. The first-order valence-electron chi connectivity index (χ1n) is 5.62. The predicted octanol–water partition coefficient (Wildman–Crippen LogP) is 2.73. The van der Waals surface area contributed by atoms with Crippen molar-refractivity contribution in [3.8, 4) is 0 Å². The van der Waals surface area contributed by atoms with Crippen LogP contribution in [0.25, 0.3) is 0 Å². The molecule has 2 aromatic rings. The van der Waals surface area contributed by atoms with Crippen LogP contribution in [-0.2, 0) is 13.2 Å². The summed E-state index contributed by atoms with van der Waals surface area (Å²) in [6, 6.07) is 2.70. The molecular formula is C11H12F3N5S. The fraction of sp³-hybridized carbons (Fsp3) is 0.364. The Hall–Kier alpha value is -1.77. The Morgan fingerprint density at radius 3 is 2.45 bits per heavy atom. The summed E-state index contributed by atoms with van der Waals surface area (Å²) in [5.41, 5.74) is -0.188. The van der Waals surface area contributed by atoms with Gasteiger partial charge in [-0.1, -0.05) is 11.8 Å². The molecular weight excluding hydrogens is 291 g/mol. The minimum Gasteiger partial charge on any atom is -0.357 e. The fourth-order valence-corrected chi connectivity index (χ4v) is 2.44. The van der Waals surface area contributed by atoms with E-state index in [4.69, 9.17) is 0 Å². The zero-order chi connectivity index (χ0) is 14.9. The second kappa shape index (κ2) is 5.31. The summed E-state index contributed by atoms with van der Waals surface area (Å²) in [5.74, 6) is -0.0683. The van der Waals surface area contributed by atoms with Crippen molar-refractivity contribution in [3.05, 3.63) is 23.5 Å². The van der Waals surface area contributed by atoms with E-state index in [1.807, 2.05) is 6.92 Å². The van der Waals surface area contributed by atoms with Crippen molar-refractivity contribution in [3.63, 3.8) is 0 Å². The number of rotatable bonds is 3. The smallest absolute Gasteiger partial charge is 0.357 e. The van der Waals surface area contributed by atoms with Crippen LogP contribution in [0.15, 0.2) is 22.2 Å². The Morgan fingerprint density at radius 2 is 1.95 bits per heavy atom. The molecule has 1 N–H and O–H groups in total. The monoisotopic (exact) mass is 303 g/mol. The van der Waals surface area contributed by atoms with Gasteiger partial charge in [0.25, 0.3) is 0 Å². The standard InChI is InChI=1S/C11H12F3N5S/c1-6-4-9(19(3)18-6)20-8-5-7(11(12,13)14)16-10(15-2)17-8/h4-5H,1-3H3,(H,15,16,17). The third kappa shape index (κ3) is 3.21. The molecule has 0 unspecified atom stereocenters. The number of nitrogens with one attached hydrogen (secondary N) is 1. The van der Waals surface area contributed by atoms with E-state index in [1.165, 1.54) is 7.05 Å². The highest BCUT2D eigenvalue weighted by molar-refractivity contribution is 7.99. The summed E-state index contributed by atoms with van der Waals surface area (Å²) in [5, 5.41) is 7.58. The molecule has 9 heteroatoms. The minimum atomic E-state index is -4.51. The maximum Gasteiger partial charge on any atom is 0.433 e. The second-order valence-electron chi connectivity index (χ2n) is 4.01. The van der Waals surface area contributed by atoms with Crippen molar-refractivity contribution >= 4 is 17.7 Å². The highest BCUT2D eigenvalue weighted by Gasteiger charge is 2.33. The van der Waals surface area contributed by atoms with Crippen LogP contribution in [0.1, 0.15) is 11.4 Å². The lowest BCUT2D eigenvalue weighted by Crippen LogP contribution is -2.11. The molecule has 0 aromatic carbocycles. The van der Waals surface area contributed by atoms with E-state index in [2.05, 4.69) is 20.4 Å². The van der Waals surface area contributed by atoms with Crippen molar-refractivity contribution in [1.29, 1.82) is 0 Å². The number of aryl methyl sites for hydroxylation is 2. The van der Waals surface area contributed by atoms with Crippen LogP contribution >= 0.6 is 11.8 Å². The zero-order valence-corrected chi connectivity index (χ0v) is 11.8. The first-order valence-corrected chi connectivity index (χ1v) is 6.44. The summed E-state index contributed by atoms with van der Waals surface area (Å²) < 4.78 is 39.9. The molecule has 2 rings (SSSR count). The SMILES string of the molecule is CNc1nc(Sc2cc(C)nn2C)cc(C(F)(F)F)n1. The van der Waals surface area contributed by atoms with Gasteiger partial charge in [0.1, 0.15) is 10.1 Å². The summed E-state index contributed by atoms with van der Waals surface area (Å²) >= 11 is 1.10. The normalized spacial score (nSPS) is 11.7. The van der Waals surface area contributed by atoms with E-state index >= 15 is 0 Å². The van der Waals surface area contributed by atoms with Gasteiger partial charge < -0.3 is 5.32 Å². The molecule has 0 aliphatic rings. The lowest BCUT2D eigenvalue weighted by molar-refractivity contribution is -0.141. The highest BCUT2D eigenvalue weighted by atomic mass is 32.2. The van der Waals surface area contributed by atoms with Crippen molar-refractivity contribution in [2.75, 3.05) is 12.4 Å². The van der Waals surface area contributed by atoms with E-state index < -0.39 is 11.9 Å². The van der Waals surface area contributed by atoms with Crippen LogP contribution in [0.4, 0.5) is 19.1 Å². The summed E-state index contributed by atoms with van der Waals surface area (Å²) in [6.07, 6.45) is -4.51. The van der Waals surface area contributed by atoms with Crippen molar-refractivity contribution in [2.45, 2.75) is 23.2 Å². The molecule has 0 spiro atoms. The predicted molar refractivity (Wildman–Crippen MR) is 68.6 cm³/mol. The number of halogens is 3. The van der Waals surface area contributed by atoms with Crippen LogP contribution in [-0.4, -0.2) is 26.8 Å². The van der Waals surface area contributed by atoms with Crippen molar-refractivity contribution in [1.82, 2.24) is 19.7 Å². The lowest BCUT2D eigenvalue weighted by atomic mass is 10.4. The molecule has 0 aliphatic carbocycles. The number of nitrogens with zero attached hydrogens (tertiary/aromatic N) is 4. The number of alkyl halides is 3. The van der Waals surface area contributed by atoms with Gasteiger partial charge in [-0.15, -0.1) is 0 Å². The molecule has 0 saturated carbocycles. The third-order valence-electron chi connectivity index (χ3n) is 2.38. The van der Waals surface area contributed by atoms with E-state index in [9.17, 15) is 13.2 Å². The van der Waals surface area contributed by atoms with Gasteiger partial charge in [0, 0.05) is 20.2 Å². The van der Waals surface area contributed by atoms with Gasteiger partial charge >= 0.3 is 6.18 Å². The molecule has 0 bridgehead atoms. The van der Waals surface area contributed by atoms with Gasteiger partial charge in [-0.05, 0) is 13.0 Å². The van der Waals surface area contributed by atoms with Gasteiger partial charge in [-0.25, -0.2) is 9.97 Å². The third-order valence-corrected chi connectivity index (χ3v) is 3.39. The molecule has 2 aromatic heterocycles. The van der Waals surface area contributed by atoms with Crippen LogP contribution in [0.2, 0.25) is 0 Å². The average Bonchev–Trinajstić information content (AvgIpc) is 2.66. The van der Waals surface area contributed by atoms with E-state index in [1.54, 1.807) is 17.8 Å². The average molecular weight is 303 g/mol. The zero-order valence-electron chi connectivity index (χ0n) is 11.0. The maximum atomic E-state index is 12.8. The molecule has 20 heavy (non-hydrogen) atoms. The fourth-order valence-electron chi connectivity index (χ4n) is 1.52. The molecule has 0 amide bonds. The largest absolute Gasteiger partial charge is 0.433 e. The summed E-state index contributed by atoms with van der Waals surface area (Å²) in [6.45, 7) is 1.81. The van der Waals surface area contributed by atoms with Gasteiger partial charge in [0.2, 0.25) is 5.95 Å². The highest BCUT2D eigenvalue weighted by Crippen LogP contribution is 2.33. The van der Waals surface area contributed by atoms with E-state index in [0.717, 1.165) is 23.5 Å². The maximum absolute atomic E-state index is 12.8. The van der Waals surface area contributed by atoms with Gasteiger partial charge in [0.05, 0.1) is 5.69 Å². The van der Waals surface area contributed by atoms with E-state index in [0.29, 0.717) is 5.03 Å². The molecule has 0 aliphatic heterocycles. The molecule has 2 heterocycles. The topological polar surface area (TPSA) is 55.6 Å². The Bertz CT molecular complexity index is 623. The van der Waals surface area contributed by atoms with Gasteiger partial charge in [-0.3, -0.25) is 4.68 Å². The van der Waals surface area contributed by atoms with Crippen LogP contribution in [0.3, 0.4) is 0 Å². The summed E-state index contributed by atoms with van der Waals surface area (Å²) in [7, 11) is 3.19. The van der Waals surface area contributed by atoms with Crippen LogP contribution < -0.4 is 5.32 Å². The Morgan fingerprint density at radius 1 is 1.25 bits per heavy atom. The second-order valence-corrected chi connectivity index (χ2v) is 5.05. The number of hydrogen-bond donors (Lipinski definition) is 1. The minimum absolute atomic E-state index is 0.0683. The van der Waals surface area contributed by atoms with Gasteiger partial charge in [0.15, 0.2) is 5.69 Å². The van der Waals surface area contributed by atoms with Gasteiger partial charge in [-0.2, -0.15) is 18.3 Å². The Labute approximate surface area is 117 Å². The number of anilines is 1. The lowest BCUT2D eigenvalue weighted by Gasteiger charge is -2.09. The molecule has 108 valence electrons. The molecule has 0 atom stereocenters. The van der Waals surface area contributed by atoms with Crippen LogP contribution in [0, 0.1) is 6.92 Å². The Kier molecular flexibility index (Phi) is 3.89. The van der Waals surface area contributed by atoms with E-state index in [-0.39, 0.29) is 11.0 Å². The number of aromatic nitrogens is 4.